The summed E-state index contributed by atoms with van der Waals surface area (Å²) in [6.07, 6.45) is 0.989. The van der Waals surface area contributed by atoms with Gasteiger partial charge in [0.05, 0.1) is 19.3 Å². The third-order valence-corrected chi connectivity index (χ3v) is 3.67. The zero-order valence-corrected chi connectivity index (χ0v) is 9.96. The minimum Gasteiger partial charge on any atom is -0.382 e. The van der Waals surface area contributed by atoms with Crippen LogP contribution in [0.2, 0.25) is 0 Å². The van der Waals surface area contributed by atoms with Gasteiger partial charge in [0.15, 0.2) is 5.82 Å². The average Bonchev–Trinajstić information content (AvgIpc) is 2.70. The second-order valence-electron chi connectivity index (χ2n) is 3.69. The fraction of sp³-hybridized carbons (Fsp3) is 0.600. The lowest BCUT2D eigenvalue weighted by Crippen LogP contribution is -2.45. The number of nitrogen functional groups attached to an aromatic ring is 1. The van der Waals surface area contributed by atoms with E-state index < -0.39 is 0 Å². The van der Waals surface area contributed by atoms with E-state index in [1.165, 1.54) is 11.5 Å². The van der Waals surface area contributed by atoms with Gasteiger partial charge in [-0.2, -0.15) is 9.64 Å². The largest absolute Gasteiger partial charge is 0.382 e. The van der Waals surface area contributed by atoms with Crippen LogP contribution in [0.1, 0.15) is 18.9 Å². The molecule has 0 amide bonds. The van der Waals surface area contributed by atoms with Gasteiger partial charge >= 0.3 is 0 Å². The number of nitriles is 1. The van der Waals surface area contributed by atoms with Gasteiger partial charge in [-0.3, -0.25) is 0 Å². The molecule has 0 aromatic carbocycles. The second kappa shape index (κ2) is 4.68. The summed E-state index contributed by atoms with van der Waals surface area (Å²) < 4.78 is 9.48. The predicted molar refractivity (Wildman–Crippen MR) is 63.5 cm³/mol. The number of morpholine rings is 1. The lowest BCUT2D eigenvalue weighted by Gasteiger charge is -2.35. The first-order valence-corrected chi connectivity index (χ1v) is 6.04. The van der Waals surface area contributed by atoms with Crippen LogP contribution in [-0.2, 0) is 4.74 Å². The molecule has 1 saturated heterocycles. The molecule has 0 radical (unpaired) electrons. The zero-order chi connectivity index (χ0) is 11.5. The Morgan fingerprint density at radius 3 is 3.25 bits per heavy atom. The number of anilines is 2. The highest BCUT2D eigenvalue weighted by molar-refractivity contribution is 7.10. The number of ether oxygens (including phenoxy) is 1. The molecule has 1 atom stereocenters. The van der Waals surface area contributed by atoms with Crippen LogP contribution in [0.4, 0.5) is 10.8 Å². The van der Waals surface area contributed by atoms with Gasteiger partial charge < -0.3 is 15.4 Å². The van der Waals surface area contributed by atoms with Gasteiger partial charge in [0.1, 0.15) is 16.6 Å². The van der Waals surface area contributed by atoms with Crippen molar-refractivity contribution in [3.8, 4) is 6.07 Å². The Morgan fingerprint density at radius 2 is 2.56 bits per heavy atom. The monoisotopic (exact) mass is 238 g/mol. The third-order valence-electron chi connectivity index (χ3n) is 2.77. The number of rotatable bonds is 2. The molecule has 1 aliphatic rings. The van der Waals surface area contributed by atoms with Crippen molar-refractivity contribution in [1.29, 1.82) is 5.26 Å². The second-order valence-corrected chi connectivity index (χ2v) is 4.44. The van der Waals surface area contributed by atoms with Gasteiger partial charge in [0.2, 0.25) is 0 Å². The van der Waals surface area contributed by atoms with E-state index >= 15 is 0 Å². The fourth-order valence-corrected chi connectivity index (χ4v) is 2.72. The molecule has 0 spiro atoms. The van der Waals surface area contributed by atoms with Crippen LogP contribution in [0.15, 0.2) is 0 Å². The van der Waals surface area contributed by atoms with E-state index in [1.54, 1.807) is 0 Å². The number of nitrogens with two attached hydrogens (primary N) is 1. The zero-order valence-electron chi connectivity index (χ0n) is 9.14. The molecule has 0 aliphatic carbocycles. The maximum Gasteiger partial charge on any atom is 0.157 e. The Morgan fingerprint density at radius 1 is 1.75 bits per heavy atom. The summed E-state index contributed by atoms with van der Waals surface area (Å²) in [6.45, 7) is 4.32. The van der Waals surface area contributed by atoms with Gasteiger partial charge in [0.25, 0.3) is 0 Å². The number of nitrogens with zero attached hydrogens (tertiary/aromatic N) is 3. The summed E-state index contributed by atoms with van der Waals surface area (Å²) in [7, 11) is 0. The van der Waals surface area contributed by atoms with E-state index in [9.17, 15) is 0 Å². The van der Waals surface area contributed by atoms with Crippen LogP contribution in [0, 0.1) is 11.3 Å². The molecule has 86 valence electrons. The van der Waals surface area contributed by atoms with Gasteiger partial charge in [-0.05, 0) is 18.0 Å². The highest BCUT2D eigenvalue weighted by atomic mass is 32.1. The van der Waals surface area contributed by atoms with Gasteiger partial charge in [0, 0.05) is 6.54 Å². The minimum absolute atomic E-state index is 0.320. The summed E-state index contributed by atoms with van der Waals surface area (Å²) in [5.74, 6) is 0.337. The normalized spacial score (nSPS) is 20.8. The van der Waals surface area contributed by atoms with E-state index in [0.717, 1.165) is 18.0 Å². The summed E-state index contributed by atoms with van der Waals surface area (Å²) >= 11 is 1.30. The Kier molecular flexibility index (Phi) is 3.27. The lowest BCUT2D eigenvalue weighted by atomic mass is 10.1. The molecule has 1 fully saturated rings. The summed E-state index contributed by atoms with van der Waals surface area (Å²) in [4.78, 5) is 2.19. The first-order chi connectivity index (χ1) is 7.77. The van der Waals surface area contributed by atoms with Crippen molar-refractivity contribution in [2.24, 2.45) is 0 Å². The Labute approximate surface area is 98.6 Å². The predicted octanol–water partition coefficient (Wildman–Crippen LogP) is 1.21. The van der Waals surface area contributed by atoms with Crippen molar-refractivity contribution < 1.29 is 4.74 Å². The molecule has 1 unspecified atom stereocenters. The molecule has 1 aliphatic heterocycles. The summed E-state index contributed by atoms with van der Waals surface area (Å²) in [6, 6.07) is 2.45. The van der Waals surface area contributed by atoms with Crippen molar-refractivity contribution in [2.45, 2.75) is 19.4 Å². The maximum atomic E-state index is 9.06. The van der Waals surface area contributed by atoms with Crippen LogP contribution < -0.4 is 10.6 Å². The Bertz CT molecular complexity index is 411. The average molecular weight is 238 g/mol. The molecule has 1 aromatic heterocycles. The molecule has 6 heteroatoms. The molecule has 1 aromatic rings. The smallest absolute Gasteiger partial charge is 0.157 e. The van der Waals surface area contributed by atoms with Crippen molar-refractivity contribution in [1.82, 2.24) is 4.37 Å². The van der Waals surface area contributed by atoms with E-state index in [0.29, 0.717) is 30.6 Å². The molecular formula is C10H14N4OS. The van der Waals surface area contributed by atoms with Crippen LogP contribution in [0.3, 0.4) is 0 Å². The molecular weight excluding hydrogens is 224 g/mol. The number of hydrogen-bond acceptors (Lipinski definition) is 6. The van der Waals surface area contributed by atoms with Crippen LogP contribution in [0.25, 0.3) is 0 Å². The fourth-order valence-electron chi connectivity index (χ4n) is 1.85. The van der Waals surface area contributed by atoms with E-state index in [1.807, 2.05) is 0 Å². The van der Waals surface area contributed by atoms with E-state index in [-0.39, 0.29) is 0 Å². The van der Waals surface area contributed by atoms with Crippen LogP contribution in [-0.4, -0.2) is 30.2 Å². The number of aromatic nitrogens is 1. The SMILES string of the molecule is CCC1COCCN1c1snc(N)c1C#N. The Hall–Kier alpha value is -1.32. The summed E-state index contributed by atoms with van der Waals surface area (Å²) in [5.41, 5.74) is 6.17. The highest BCUT2D eigenvalue weighted by Crippen LogP contribution is 2.32. The molecule has 2 N–H and O–H groups in total. The van der Waals surface area contributed by atoms with Gasteiger partial charge in [-0.25, -0.2) is 0 Å². The van der Waals surface area contributed by atoms with Crippen molar-refractivity contribution in [2.75, 3.05) is 30.4 Å². The van der Waals surface area contributed by atoms with E-state index in [4.69, 9.17) is 15.7 Å². The van der Waals surface area contributed by atoms with Crippen LogP contribution >= 0.6 is 11.5 Å². The standard InChI is InChI=1S/C10H14N4OS/c1-2-7-6-15-4-3-14(7)10-8(5-11)9(12)13-16-10/h7H,2-4,6H2,1H3,(H2,12,13). The highest BCUT2D eigenvalue weighted by Gasteiger charge is 2.26. The number of hydrogen-bond donors (Lipinski definition) is 1. The van der Waals surface area contributed by atoms with Crippen LogP contribution in [0.5, 0.6) is 0 Å². The molecule has 2 heterocycles. The molecule has 0 bridgehead atoms. The topological polar surface area (TPSA) is 75.2 Å². The minimum atomic E-state index is 0.320. The van der Waals surface area contributed by atoms with Crippen molar-refractivity contribution in [3.63, 3.8) is 0 Å². The summed E-state index contributed by atoms with van der Waals surface area (Å²) in [5, 5.41) is 9.94. The van der Waals surface area contributed by atoms with Crippen molar-refractivity contribution >= 4 is 22.4 Å². The third kappa shape index (κ3) is 1.84. The Balaban J connectivity index is 2.31. The first-order valence-electron chi connectivity index (χ1n) is 5.27. The molecule has 5 nitrogen and oxygen atoms in total. The first kappa shape index (κ1) is 11.2. The maximum absolute atomic E-state index is 9.06. The van der Waals surface area contributed by atoms with Gasteiger partial charge in [-0.1, -0.05) is 6.92 Å². The molecule has 0 saturated carbocycles. The van der Waals surface area contributed by atoms with Crippen molar-refractivity contribution in [3.05, 3.63) is 5.56 Å². The molecule has 2 rings (SSSR count). The van der Waals surface area contributed by atoms with Gasteiger partial charge in [-0.15, -0.1) is 0 Å². The van der Waals surface area contributed by atoms with E-state index in [2.05, 4.69) is 22.3 Å². The quantitative estimate of drug-likeness (QED) is 0.838. The molecule has 16 heavy (non-hydrogen) atoms. The lowest BCUT2D eigenvalue weighted by molar-refractivity contribution is 0.0933.